The largest absolute Gasteiger partial charge is 0.411 e. The molecule has 0 aliphatic carbocycles. The van der Waals surface area contributed by atoms with Crippen LogP contribution in [0.15, 0.2) is 25.3 Å². The van der Waals surface area contributed by atoms with Crippen molar-refractivity contribution in [1.82, 2.24) is 0 Å². The Hall–Kier alpha value is -0.246. The molecule has 4 nitrogen and oxygen atoms in total. The molecule has 0 spiro atoms. The van der Waals surface area contributed by atoms with E-state index in [-0.39, 0.29) is 46.2 Å². The lowest BCUT2D eigenvalue weighted by atomic mass is 9.96. The maximum Gasteiger partial charge on any atom is 0.192 e. The van der Waals surface area contributed by atoms with Crippen LogP contribution in [0.25, 0.3) is 0 Å². The second kappa shape index (κ2) is 8.84. The van der Waals surface area contributed by atoms with Crippen molar-refractivity contribution < 1.29 is 18.3 Å². The lowest BCUT2D eigenvalue weighted by Gasteiger charge is -2.39. The molecule has 2 rings (SSSR count). The molecule has 2 aliphatic heterocycles. The van der Waals surface area contributed by atoms with E-state index in [2.05, 4.69) is 87.8 Å². The molecular formula is C25H48O4Si2. The highest BCUT2D eigenvalue weighted by Crippen LogP contribution is 2.52. The molecule has 0 aromatic carbocycles. The van der Waals surface area contributed by atoms with Gasteiger partial charge in [0.1, 0.15) is 18.3 Å². The third-order valence-corrected chi connectivity index (χ3v) is 16.9. The molecule has 0 N–H and O–H groups in total. The van der Waals surface area contributed by atoms with E-state index in [4.69, 9.17) is 18.3 Å². The maximum absolute atomic E-state index is 6.70. The molecule has 0 aromatic rings. The molecule has 0 saturated carbocycles. The normalized spacial score (nSPS) is 31.1. The molecule has 180 valence electrons. The molecule has 2 fully saturated rings. The van der Waals surface area contributed by atoms with Gasteiger partial charge in [0.25, 0.3) is 0 Å². The molecule has 6 heteroatoms. The highest BCUT2D eigenvalue weighted by atomic mass is 28.4. The van der Waals surface area contributed by atoms with Crippen LogP contribution in [-0.4, -0.2) is 52.8 Å². The minimum absolute atomic E-state index is 0.000505. The molecule has 0 amide bonds. The number of hydrogen-bond donors (Lipinski definition) is 0. The van der Waals surface area contributed by atoms with Gasteiger partial charge in [0.05, 0.1) is 17.8 Å². The molecule has 2 saturated heterocycles. The van der Waals surface area contributed by atoms with Crippen LogP contribution in [0.5, 0.6) is 0 Å². The van der Waals surface area contributed by atoms with Crippen LogP contribution in [0.2, 0.25) is 36.3 Å². The summed E-state index contributed by atoms with van der Waals surface area (Å²) in [4.78, 5) is 0. The van der Waals surface area contributed by atoms with Crippen molar-refractivity contribution in [3.8, 4) is 0 Å². The van der Waals surface area contributed by atoms with E-state index in [1.54, 1.807) is 0 Å². The van der Waals surface area contributed by atoms with Gasteiger partial charge < -0.3 is 18.3 Å². The van der Waals surface area contributed by atoms with Crippen molar-refractivity contribution in [2.75, 3.05) is 0 Å². The first kappa shape index (κ1) is 27.0. The van der Waals surface area contributed by atoms with E-state index in [1.807, 2.05) is 12.2 Å². The number of epoxide rings is 2. The van der Waals surface area contributed by atoms with E-state index >= 15 is 0 Å². The quantitative estimate of drug-likeness (QED) is 0.189. The summed E-state index contributed by atoms with van der Waals surface area (Å²) in [5, 5.41) is 0.336. The smallest absolute Gasteiger partial charge is 0.192 e. The van der Waals surface area contributed by atoms with Gasteiger partial charge in [0.15, 0.2) is 16.6 Å². The number of hydrogen-bond acceptors (Lipinski definition) is 4. The highest BCUT2D eigenvalue weighted by Gasteiger charge is 2.66. The summed E-state index contributed by atoms with van der Waals surface area (Å²) < 4.78 is 25.7. The summed E-state index contributed by atoms with van der Waals surface area (Å²) in [6.45, 7) is 32.9. The summed E-state index contributed by atoms with van der Waals surface area (Å²) in [6, 6.07) is 0. The summed E-state index contributed by atoms with van der Waals surface area (Å²) in [7, 11) is -3.75. The molecule has 6 atom stereocenters. The summed E-state index contributed by atoms with van der Waals surface area (Å²) in [5.41, 5.74) is -0.226. The van der Waals surface area contributed by atoms with Gasteiger partial charge in [0, 0.05) is 6.42 Å². The van der Waals surface area contributed by atoms with E-state index in [0.29, 0.717) is 0 Å². The monoisotopic (exact) mass is 468 g/mol. The Morgan fingerprint density at radius 2 is 1.48 bits per heavy atom. The second-order valence-electron chi connectivity index (χ2n) is 12.7. The van der Waals surface area contributed by atoms with E-state index in [0.717, 1.165) is 12.8 Å². The van der Waals surface area contributed by atoms with Crippen LogP contribution in [0.4, 0.5) is 0 Å². The highest BCUT2D eigenvalue weighted by molar-refractivity contribution is 6.74. The lowest BCUT2D eigenvalue weighted by molar-refractivity contribution is 0.145. The van der Waals surface area contributed by atoms with Crippen molar-refractivity contribution in [1.29, 1.82) is 0 Å². The Labute approximate surface area is 194 Å². The third-order valence-electron chi connectivity index (χ3n) is 7.94. The van der Waals surface area contributed by atoms with Gasteiger partial charge in [-0.3, -0.25) is 0 Å². The predicted molar refractivity (Wildman–Crippen MR) is 136 cm³/mol. The Bertz CT molecular complexity index is 661. The minimum Gasteiger partial charge on any atom is -0.411 e. The SMILES string of the molecule is C=CC[C@H](O[Si](C)(C)C(C)(C)C)[C@H]1O[C@H]1[C@H]1O[C@]1(C)C[C@@H](C=C)O[Si](C)(C)C(C)(C)C. The lowest BCUT2D eigenvalue weighted by Crippen LogP contribution is -2.45. The Kier molecular flexibility index (Phi) is 7.70. The summed E-state index contributed by atoms with van der Waals surface area (Å²) in [5.74, 6) is 0. The first-order valence-corrected chi connectivity index (χ1v) is 17.6. The standard InChI is InChI=1S/C25H48O4Si2/c1-14-16-19(29-31(12,13)24(6,7)8)20-21(26-20)22-25(9,27-22)17-18(15-2)28-30(10,11)23(3,4)5/h14-15,18-22H,1-2,16-17H2,3-13H3/t18-,19+,20-,21-,22-,25-/m1/s1. The average Bonchev–Trinajstić information content (AvgIpc) is 3.47. The Morgan fingerprint density at radius 3 is 1.94 bits per heavy atom. The van der Waals surface area contributed by atoms with Gasteiger partial charge in [0.2, 0.25) is 0 Å². The van der Waals surface area contributed by atoms with Gasteiger partial charge >= 0.3 is 0 Å². The molecule has 2 heterocycles. The first-order valence-electron chi connectivity index (χ1n) is 11.8. The zero-order chi connectivity index (χ0) is 24.0. The Morgan fingerprint density at radius 1 is 0.968 bits per heavy atom. The zero-order valence-electron chi connectivity index (χ0n) is 22.0. The van der Waals surface area contributed by atoms with Crippen molar-refractivity contribution in [2.45, 2.75) is 134 Å². The number of rotatable bonds is 11. The maximum atomic E-state index is 6.70. The molecule has 0 unspecified atom stereocenters. The van der Waals surface area contributed by atoms with Crippen molar-refractivity contribution >= 4 is 16.6 Å². The topological polar surface area (TPSA) is 43.5 Å². The first-order chi connectivity index (χ1) is 13.9. The fourth-order valence-electron chi connectivity index (χ4n) is 3.61. The van der Waals surface area contributed by atoms with Gasteiger partial charge in [-0.1, -0.05) is 53.7 Å². The third kappa shape index (κ3) is 6.21. The van der Waals surface area contributed by atoms with E-state index in [1.165, 1.54) is 0 Å². The van der Waals surface area contributed by atoms with Gasteiger partial charge in [-0.15, -0.1) is 13.2 Å². The van der Waals surface area contributed by atoms with Crippen LogP contribution in [0, 0.1) is 0 Å². The van der Waals surface area contributed by atoms with Crippen molar-refractivity contribution in [3.05, 3.63) is 25.3 Å². The second-order valence-corrected chi connectivity index (χ2v) is 22.2. The fourth-order valence-corrected chi connectivity index (χ4v) is 6.24. The van der Waals surface area contributed by atoms with Crippen LogP contribution in [-0.2, 0) is 18.3 Å². The van der Waals surface area contributed by atoms with Gasteiger partial charge in [-0.25, -0.2) is 0 Å². The minimum atomic E-state index is -1.88. The summed E-state index contributed by atoms with van der Waals surface area (Å²) >= 11 is 0. The van der Waals surface area contributed by atoms with Crippen LogP contribution < -0.4 is 0 Å². The molecule has 0 aromatic heterocycles. The van der Waals surface area contributed by atoms with Crippen LogP contribution in [0.3, 0.4) is 0 Å². The van der Waals surface area contributed by atoms with Crippen molar-refractivity contribution in [3.63, 3.8) is 0 Å². The Balaban J connectivity index is 1.99. The van der Waals surface area contributed by atoms with Gasteiger partial charge in [-0.05, 0) is 49.6 Å². The van der Waals surface area contributed by atoms with Crippen molar-refractivity contribution in [2.24, 2.45) is 0 Å². The molecule has 31 heavy (non-hydrogen) atoms. The zero-order valence-corrected chi connectivity index (χ0v) is 24.0. The van der Waals surface area contributed by atoms with Crippen LogP contribution >= 0.6 is 0 Å². The predicted octanol–water partition coefficient (Wildman–Crippen LogP) is 6.84. The van der Waals surface area contributed by atoms with Crippen LogP contribution in [0.1, 0.15) is 61.3 Å². The average molecular weight is 469 g/mol. The molecular weight excluding hydrogens is 420 g/mol. The summed E-state index contributed by atoms with van der Waals surface area (Å²) in [6.07, 6.45) is 5.84. The molecule has 0 bridgehead atoms. The van der Waals surface area contributed by atoms with E-state index in [9.17, 15) is 0 Å². The van der Waals surface area contributed by atoms with Gasteiger partial charge in [-0.2, -0.15) is 0 Å². The van der Waals surface area contributed by atoms with E-state index < -0.39 is 16.6 Å². The molecule has 0 radical (unpaired) electrons. The number of ether oxygens (including phenoxy) is 2. The molecule has 2 aliphatic rings. The fraction of sp³-hybridized carbons (Fsp3) is 0.840.